The van der Waals surface area contributed by atoms with Crippen LogP contribution in [0.2, 0.25) is 0 Å². The summed E-state index contributed by atoms with van der Waals surface area (Å²) in [6, 6.07) is 9.11. The number of thioether (sulfide) groups is 1. The zero-order valence-corrected chi connectivity index (χ0v) is 14.6. The molecule has 1 saturated heterocycles. The second-order valence-corrected chi connectivity index (χ2v) is 6.77. The lowest BCUT2D eigenvalue weighted by Gasteiger charge is -2.15. The van der Waals surface area contributed by atoms with E-state index in [0.29, 0.717) is 22.9 Å². The Bertz CT molecular complexity index is 730. The van der Waals surface area contributed by atoms with E-state index in [0.717, 1.165) is 23.5 Å². The summed E-state index contributed by atoms with van der Waals surface area (Å²) in [5.41, 5.74) is 2.10. The van der Waals surface area contributed by atoms with Gasteiger partial charge in [0.15, 0.2) is 0 Å². The largest absolute Gasteiger partial charge is 0.495 e. The number of carbonyl (C=O) groups excluding carboxylic acids is 1. The van der Waals surface area contributed by atoms with Crippen molar-refractivity contribution in [2.45, 2.75) is 19.4 Å². The maximum Gasteiger partial charge on any atom is 0.261 e. The van der Waals surface area contributed by atoms with Crippen LogP contribution in [0.4, 0.5) is 5.69 Å². The van der Waals surface area contributed by atoms with Crippen molar-refractivity contribution in [3.63, 3.8) is 0 Å². The van der Waals surface area contributed by atoms with Crippen LogP contribution >= 0.6 is 11.8 Å². The van der Waals surface area contributed by atoms with Gasteiger partial charge in [-0.2, -0.15) is 11.8 Å². The molecule has 0 saturated carbocycles. The van der Waals surface area contributed by atoms with Crippen molar-refractivity contribution in [1.82, 2.24) is 4.98 Å². The van der Waals surface area contributed by atoms with Gasteiger partial charge in [0, 0.05) is 11.9 Å². The molecular formula is C18H20N2O3S. The number of anilines is 1. The SMILES string of the molecule is COc1ccc(C)cc1NC(=O)c1cccnc1O[C@@H]1CCSC1. The number of carbonyl (C=O) groups is 1. The zero-order chi connectivity index (χ0) is 16.9. The quantitative estimate of drug-likeness (QED) is 0.899. The van der Waals surface area contributed by atoms with E-state index >= 15 is 0 Å². The molecule has 5 nitrogen and oxygen atoms in total. The van der Waals surface area contributed by atoms with Gasteiger partial charge in [0.25, 0.3) is 5.91 Å². The average molecular weight is 344 g/mol. The number of ether oxygens (including phenoxy) is 2. The lowest BCUT2D eigenvalue weighted by atomic mass is 10.2. The molecule has 1 aromatic carbocycles. The van der Waals surface area contributed by atoms with E-state index in [1.54, 1.807) is 25.4 Å². The summed E-state index contributed by atoms with van der Waals surface area (Å²) >= 11 is 1.85. The predicted octanol–water partition coefficient (Wildman–Crippen LogP) is 3.54. The first-order valence-electron chi connectivity index (χ1n) is 7.83. The fourth-order valence-corrected chi connectivity index (χ4v) is 3.62. The van der Waals surface area contributed by atoms with Crippen molar-refractivity contribution in [2.75, 3.05) is 23.9 Å². The Morgan fingerprint density at radius 1 is 1.38 bits per heavy atom. The molecule has 24 heavy (non-hydrogen) atoms. The van der Waals surface area contributed by atoms with Crippen LogP contribution in [0.3, 0.4) is 0 Å². The number of aryl methyl sites for hydroxylation is 1. The maximum absolute atomic E-state index is 12.7. The van der Waals surface area contributed by atoms with Crippen LogP contribution in [0, 0.1) is 6.92 Å². The first-order valence-corrected chi connectivity index (χ1v) is 8.98. The third-order valence-electron chi connectivity index (χ3n) is 3.79. The van der Waals surface area contributed by atoms with Crippen molar-refractivity contribution < 1.29 is 14.3 Å². The molecule has 0 unspecified atom stereocenters. The van der Waals surface area contributed by atoms with Gasteiger partial charge in [0.05, 0.1) is 12.8 Å². The van der Waals surface area contributed by atoms with Crippen molar-refractivity contribution >= 4 is 23.4 Å². The molecule has 1 aliphatic heterocycles. The molecule has 3 rings (SSSR count). The smallest absolute Gasteiger partial charge is 0.261 e. The Morgan fingerprint density at radius 2 is 2.25 bits per heavy atom. The summed E-state index contributed by atoms with van der Waals surface area (Å²) in [7, 11) is 1.58. The third kappa shape index (κ3) is 3.82. The first-order chi connectivity index (χ1) is 11.7. The fraction of sp³-hybridized carbons (Fsp3) is 0.333. The van der Waals surface area contributed by atoms with E-state index in [1.807, 2.05) is 36.9 Å². The highest BCUT2D eigenvalue weighted by atomic mass is 32.2. The Morgan fingerprint density at radius 3 is 3.00 bits per heavy atom. The lowest BCUT2D eigenvalue weighted by Crippen LogP contribution is -2.20. The number of amides is 1. The molecule has 126 valence electrons. The second-order valence-electron chi connectivity index (χ2n) is 5.62. The van der Waals surface area contributed by atoms with Gasteiger partial charge < -0.3 is 14.8 Å². The molecule has 0 bridgehead atoms. The van der Waals surface area contributed by atoms with E-state index < -0.39 is 0 Å². The van der Waals surface area contributed by atoms with Crippen LogP contribution in [0.15, 0.2) is 36.5 Å². The maximum atomic E-state index is 12.7. The minimum absolute atomic E-state index is 0.116. The lowest BCUT2D eigenvalue weighted by molar-refractivity contribution is 0.101. The summed E-state index contributed by atoms with van der Waals surface area (Å²) in [6.07, 6.45) is 2.74. The summed E-state index contributed by atoms with van der Waals surface area (Å²) in [4.78, 5) is 16.9. The topological polar surface area (TPSA) is 60.5 Å². The number of nitrogens with one attached hydrogen (secondary N) is 1. The van der Waals surface area contributed by atoms with Crippen molar-refractivity contribution in [2.24, 2.45) is 0 Å². The zero-order valence-electron chi connectivity index (χ0n) is 13.7. The van der Waals surface area contributed by atoms with Crippen LogP contribution in [0.1, 0.15) is 22.3 Å². The molecule has 0 aliphatic carbocycles. The van der Waals surface area contributed by atoms with Crippen LogP contribution in [0.25, 0.3) is 0 Å². The normalized spacial score (nSPS) is 16.7. The van der Waals surface area contributed by atoms with E-state index in [1.165, 1.54) is 0 Å². The van der Waals surface area contributed by atoms with Crippen molar-refractivity contribution in [3.8, 4) is 11.6 Å². The van der Waals surface area contributed by atoms with E-state index in [-0.39, 0.29) is 12.0 Å². The fourth-order valence-electron chi connectivity index (χ4n) is 2.53. The van der Waals surface area contributed by atoms with Gasteiger partial charge >= 0.3 is 0 Å². The Hall–Kier alpha value is -2.21. The number of hydrogen-bond acceptors (Lipinski definition) is 5. The molecule has 2 heterocycles. The molecule has 2 aromatic rings. The van der Waals surface area contributed by atoms with Gasteiger partial charge in [-0.3, -0.25) is 4.79 Å². The van der Waals surface area contributed by atoms with E-state index in [4.69, 9.17) is 9.47 Å². The summed E-state index contributed by atoms with van der Waals surface area (Å²) < 4.78 is 11.2. The van der Waals surface area contributed by atoms with Gasteiger partial charge in [-0.15, -0.1) is 0 Å². The summed E-state index contributed by atoms with van der Waals surface area (Å²) in [5, 5.41) is 2.89. The van der Waals surface area contributed by atoms with E-state index in [9.17, 15) is 4.79 Å². The highest BCUT2D eigenvalue weighted by Crippen LogP contribution is 2.28. The Kier molecular flexibility index (Phi) is 5.25. The average Bonchev–Trinajstić information content (AvgIpc) is 3.08. The molecule has 1 N–H and O–H groups in total. The second kappa shape index (κ2) is 7.57. The van der Waals surface area contributed by atoms with Crippen LogP contribution in [-0.2, 0) is 0 Å². The minimum atomic E-state index is -0.257. The minimum Gasteiger partial charge on any atom is -0.495 e. The number of aromatic nitrogens is 1. The molecule has 1 amide bonds. The summed E-state index contributed by atoms with van der Waals surface area (Å²) in [5.74, 6) is 2.76. The number of pyridine rings is 1. The molecule has 1 aliphatic rings. The molecule has 1 fully saturated rings. The highest BCUT2D eigenvalue weighted by Gasteiger charge is 2.22. The van der Waals surface area contributed by atoms with Crippen LogP contribution < -0.4 is 14.8 Å². The monoisotopic (exact) mass is 344 g/mol. The van der Waals surface area contributed by atoms with Gasteiger partial charge in [0.2, 0.25) is 5.88 Å². The van der Waals surface area contributed by atoms with Crippen molar-refractivity contribution in [1.29, 1.82) is 0 Å². The number of rotatable bonds is 5. The third-order valence-corrected chi connectivity index (χ3v) is 4.92. The molecule has 0 spiro atoms. The van der Waals surface area contributed by atoms with Gasteiger partial charge in [-0.25, -0.2) is 4.98 Å². The predicted molar refractivity (Wildman–Crippen MR) is 96.3 cm³/mol. The van der Waals surface area contributed by atoms with Crippen molar-refractivity contribution in [3.05, 3.63) is 47.7 Å². The Labute approximate surface area is 145 Å². The van der Waals surface area contributed by atoms with Crippen LogP contribution in [0.5, 0.6) is 11.6 Å². The standard InChI is InChI=1S/C18H20N2O3S/c1-12-5-6-16(22-2)15(10-12)20-17(21)14-4-3-8-19-18(14)23-13-7-9-24-11-13/h3-6,8,10,13H,7,9,11H2,1-2H3,(H,20,21)/t13-/m1/s1. The van der Waals surface area contributed by atoms with Gasteiger partial charge in [-0.1, -0.05) is 6.07 Å². The van der Waals surface area contributed by atoms with Crippen LogP contribution in [-0.4, -0.2) is 35.6 Å². The molecule has 0 radical (unpaired) electrons. The molecular weight excluding hydrogens is 324 g/mol. The highest BCUT2D eigenvalue weighted by molar-refractivity contribution is 7.99. The molecule has 1 atom stereocenters. The Balaban J connectivity index is 1.81. The number of benzene rings is 1. The number of hydrogen-bond donors (Lipinski definition) is 1. The number of nitrogens with zero attached hydrogens (tertiary/aromatic N) is 1. The first kappa shape index (κ1) is 16.6. The van der Waals surface area contributed by atoms with E-state index in [2.05, 4.69) is 10.3 Å². The van der Waals surface area contributed by atoms with Gasteiger partial charge in [0.1, 0.15) is 17.4 Å². The summed E-state index contributed by atoms with van der Waals surface area (Å²) in [6.45, 7) is 1.96. The molecule has 6 heteroatoms. The number of methoxy groups -OCH3 is 1. The van der Waals surface area contributed by atoms with Gasteiger partial charge in [-0.05, 0) is 48.9 Å². The molecule has 1 aromatic heterocycles.